The molecule has 0 spiro atoms. The predicted molar refractivity (Wildman–Crippen MR) is 94.0 cm³/mol. The number of ketones is 1. The molecule has 0 fully saturated rings. The molecule has 124 valence electrons. The summed E-state index contributed by atoms with van der Waals surface area (Å²) in [6.45, 7) is 2.94. The minimum absolute atomic E-state index is 0.0933. The molecule has 1 heterocycles. The van der Waals surface area contributed by atoms with Gasteiger partial charge >= 0.3 is 5.97 Å². The molecule has 2 rings (SSSR count). The smallest absolute Gasteiger partial charge is 0.331 e. The van der Waals surface area contributed by atoms with Crippen molar-refractivity contribution in [3.05, 3.63) is 58.3 Å². The van der Waals surface area contributed by atoms with Gasteiger partial charge in [-0.15, -0.1) is 11.3 Å². The van der Waals surface area contributed by atoms with Gasteiger partial charge in [-0.3, -0.25) is 9.59 Å². The number of thiophene rings is 1. The molecule has 1 atom stereocenters. The number of hydrogen-bond donors (Lipinski definition) is 1. The van der Waals surface area contributed by atoms with Crippen molar-refractivity contribution in [3.8, 4) is 0 Å². The summed E-state index contributed by atoms with van der Waals surface area (Å²) in [5.41, 5.74) is 0.973. The predicted octanol–water partition coefficient (Wildman–Crippen LogP) is 3.53. The monoisotopic (exact) mass is 343 g/mol. The van der Waals surface area contributed by atoms with Crippen LogP contribution in [0.25, 0.3) is 6.08 Å². The maximum atomic E-state index is 12.1. The third-order valence-electron chi connectivity index (χ3n) is 3.13. The van der Waals surface area contributed by atoms with Gasteiger partial charge in [0.05, 0.1) is 0 Å². The zero-order valence-electron chi connectivity index (χ0n) is 13.3. The molecule has 1 amide bonds. The van der Waals surface area contributed by atoms with Gasteiger partial charge in [0.2, 0.25) is 0 Å². The van der Waals surface area contributed by atoms with Gasteiger partial charge in [-0.25, -0.2) is 4.79 Å². The minimum Gasteiger partial charge on any atom is -0.449 e. The average Bonchev–Trinajstić information content (AvgIpc) is 3.06. The second-order valence-corrected chi connectivity index (χ2v) is 6.03. The first-order valence-electron chi connectivity index (χ1n) is 7.30. The number of amides is 1. The first-order valence-corrected chi connectivity index (χ1v) is 8.18. The Hall–Kier alpha value is -2.73. The number of Topliss-reactive ketones (excluding diaryl/α,β-unsaturated/α-hetero) is 1. The number of carbonyl (C=O) groups excluding carboxylic acids is 3. The molecule has 1 aromatic carbocycles. The van der Waals surface area contributed by atoms with Gasteiger partial charge in [0.25, 0.3) is 5.91 Å². The molecular formula is C18H17NO4S. The molecule has 1 aromatic heterocycles. The Labute approximate surface area is 144 Å². The molecule has 0 saturated heterocycles. The van der Waals surface area contributed by atoms with Crippen LogP contribution in [0, 0.1) is 0 Å². The van der Waals surface area contributed by atoms with Crippen molar-refractivity contribution < 1.29 is 19.1 Å². The summed E-state index contributed by atoms with van der Waals surface area (Å²) in [6.07, 6.45) is 1.96. The molecule has 0 aliphatic carbocycles. The van der Waals surface area contributed by atoms with Crippen molar-refractivity contribution in [1.82, 2.24) is 0 Å². The van der Waals surface area contributed by atoms with Crippen LogP contribution in [-0.2, 0) is 14.3 Å². The van der Waals surface area contributed by atoms with E-state index >= 15 is 0 Å². The first-order chi connectivity index (χ1) is 11.5. The highest BCUT2D eigenvalue weighted by Gasteiger charge is 2.17. The van der Waals surface area contributed by atoms with E-state index in [4.69, 9.17) is 4.74 Å². The maximum absolute atomic E-state index is 12.1. The Morgan fingerprint density at radius 1 is 1.21 bits per heavy atom. The molecular weight excluding hydrogens is 326 g/mol. The summed E-state index contributed by atoms with van der Waals surface area (Å²) in [6, 6.07) is 10.3. The number of ether oxygens (including phenoxy) is 1. The SMILES string of the molecule is CC(=O)c1cccc(NC(=O)C(C)OC(=O)/C=C/c2cccs2)c1. The van der Waals surface area contributed by atoms with E-state index < -0.39 is 18.0 Å². The van der Waals surface area contributed by atoms with Gasteiger partial charge in [0.15, 0.2) is 11.9 Å². The largest absolute Gasteiger partial charge is 0.449 e. The van der Waals surface area contributed by atoms with Crippen LogP contribution >= 0.6 is 11.3 Å². The van der Waals surface area contributed by atoms with E-state index in [1.807, 2.05) is 17.5 Å². The molecule has 6 heteroatoms. The van der Waals surface area contributed by atoms with Crippen molar-refractivity contribution in [2.75, 3.05) is 5.32 Å². The normalized spacial score (nSPS) is 11.9. The fraction of sp³-hybridized carbons (Fsp3) is 0.167. The van der Waals surface area contributed by atoms with Crippen LogP contribution in [0.5, 0.6) is 0 Å². The second kappa shape index (κ2) is 8.21. The quantitative estimate of drug-likeness (QED) is 0.495. The fourth-order valence-corrected chi connectivity index (χ4v) is 2.48. The Kier molecular flexibility index (Phi) is 6.03. The Morgan fingerprint density at radius 3 is 2.67 bits per heavy atom. The molecule has 0 bridgehead atoms. The standard InChI is InChI=1S/C18H17NO4S/c1-12(20)14-5-3-6-15(11-14)19-18(22)13(2)23-17(21)9-8-16-7-4-10-24-16/h3-11,13H,1-2H3,(H,19,22)/b9-8+. The Balaban J connectivity index is 1.91. The zero-order chi connectivity index (χ0) is 17.5. The number of anilines is 1. The number of benzene rings is 1. The van der Waals surface area contributed by atoms with Crippen molar-refractivity contribution in [3.63, 3.8) is 0 Å². The van der Waals surface area contributed by atoms with Crippen LogP contribution in [0.15, 0.2) is 47.9 Å². The summed E-state index contributed by atoms with van der Waals surface area (Å²) in [7, 11) is 0. The Bertz CT molecular complexity index is 765. The first kappa shape index (κ1) is 17.6. The van der Waals surface area contributed by atoms with E-state index in [2.05, 4.69) is 5.32 Å². The number of esters is 1. The molecule has 0 saturated carbocycles. The van der Waals surface area contributed by atoms with Crippen molar-refractivity contribution in [2.45, 2.75) is 20.0 Å². The van der Waals surface area contributed by atoms with E-state index in [0.29, 0.717) is 11.3 Å². The summed E-state index contributed by atoms with van der Waals surface area (Å²) >= 11 is 1.49. The molecule has 1 N–H and O–H groups in total. The Morgan fingerprint density at radius 2 is 2.00 bits per heavy atom. The lowest BCUT2D eigenvalue weighted by molar-refractivity contribution is -0.148. The number of hydrogen-bond acceptors (Lipinski definition) is 5. The van der Waals surface area contributed by atoms with E-state index in [-0.39, 0.29) is 5.78 Å². The lowest BCUT2D eigenvalue weighted by Gasteiger charge is -2.12. The van der Waals surface area contributed by atoms with E-state index in [1.54, 1.807) is 30.3 Å². The van der Waals surface area contributed by atoms with Gasteiger partial charge in [0.1, 0.15) is 0 Å². The lowest BCUT2D eigenvalue weighted by atomic mass is 10.1. The molecule has 0 radical (unpaired) electrons. The van der Waals surface area contributed by atoms with E-state index in [9.17, 15) is 14.4 Å². The molecule has 1 unspecified atom stereocenters. The average molecular weight is 343 g/mol. The lowest BCUT2D eigenvalue weighted by Crippen LogP contribution is -2.29. The van der Waals surface area contributed by atoms with Gasteiger partial charge in [-0.2, -0.15) is 0 Å². The zero-order valence-corrected chi connectivity index (χ0v) is 14.1. The topological polar surface area (TPSA) is 72.5 Å². The van der Waals surface area contributed by atoms with Gasteiger partial charge in [-0.1, -0.05) is 18.2 Å². The summed E-state index contributed by atoms with van der Waals surface area (Å²) in [5.74, 6) is -1.15. The second-order valence-electron chi connectivity index (χ2n) is 5.05. The van der Waals surface area contributed by atoms with Crippen LogP contribution in [0.1, 0.15) is 29.1 Å². The fourth-order valence-electron chi connectivity index (χ4n) is 1.86. The molecule has 24 heavy (non-hydrogen) atoms. The summed E-state index contributed by atoms with van der Waals surface area (Å²) in [4.78, 5) is 36.1. The van der Waals surface area contributed by atoms with Crippen molar-refractivity contribution in [1.29, 1.82) is 0 Å². The maximum Gasteiger partial charge on any atom is 0.331 e. The highest BCUT2D eigenvalue weighted by Crippen LogP contribution is 2.13. The summed E-state index contributed by atoms with van der Waals surface area (Å²) < 4.78 is 5.06. The van der Waals surface area contributed by atoms with E-state index in [0.717, 1.165) is 4.88 Å². The van der Waals surface area contributed by atoms with Gasteiger partial charge in [0, 0.05) is 22.2 Å². The summed E-state index contributed by atoms with van der Waals surface area (Å²) in [5, 5.41) is 4.52. The number of rotatable bonds is 6. The molecule has 2 aromatic rings. The number of nitrogens with one attached hydrogen (secondary N) is 1. The van der Waals surface area contributed by atoms with Crippen molar-refractivity contribution in [2.24, 2.45) is 0 Å². The number of carbonyl (C=O) groups is 3. The molecule has 5 nitrogen and oxygen atoms in total. The van der Waals surface area contributed by atoms with Crippen LogP contribution in [0.2, 0.25) is 0 Å². The van der Waals surface area contributed by atoms with Crippen LogP contribution in [-0.4, -0.2) is 23.8 Å². The van der Waals surface area contributed by atoms with Crippen LogP contribution < -0.4 is 5.32 Å². The minimum atomic E-state index is -0.952. The third kappa shape index (κ3) is 5.17. The third-order valence-corrected chi connectivity index (χ3v) is 3.96. The molecule has 0 aliphatic heterocycles. The van der Waals surface area contributed by atoms with Gasteiger partial charge < -0.3 is 10.1 Å². The van der Waals surface area contributed by atoms with Crippen LogP contribution in [0.3, 0.4) is 0 Å². The highest BCUT2D eigenvalue weighted by atomic mass is 32.1. The highest BCUT2D eigenvalue weighted by molar-refractivity contribution is 7.10. The van der Waals surface area contributed by atoms with Crippen molar-refractivity contribution >= 4 is 40.8 Å². The van der Waals surface area contributed by atoms with Crippen LogP contribution in [0.4, 0.5) is 5.69 Å². The van der Waals surface area contributed by atoms with Gasteiger partial charge in [-0.05, 0) is 43.5 Å². The van der Waals surface area contributed by atoms with E-state index in [1.165, 1.54) is 31.3 Å². The molecule has 0 aliphatic rings.